The van der Waals surface area contributed by atoms with Crippen molar-refractivity contribution >= 4 is 12.0 Å². The number of rotatable bonds is 11. The van der Waals surface area contributed by atoms with E-state index in [-0.39, 0.29) is 24.7 Å². The Kier molecular flexibility index (Phi) is 10.0. The third-order valence-corrected chi connectivity index (χ3v) is 6.67. The van der Waals surface area contributed by atoms with Crippen molar-refractivity contribution in [2.45, 2.75) is 51.9 Å². The van der Waals surface area contributed by atoms with E-state index in [0.717, 1.165) is 22.5 Å². The van der Waals surface area contributed by atoms with Crippen LogP contribution in [0, 0.1) is 11.8 Å². The fourth-order valence-corrected chi connectivity index (χ4v) is 4.46. The van der Waals surface area contributed by atoms with Gasteiger partial charge in [0.2, 0.25) is 5.91 Å². The molecule has 2 amide bonds. The zero-order valence-electron chi connectivity index (χ0n) is 21.5. The van der Waals surface area contributed by atoms with E-state index in [1.54, 1.807) is 20.1 Å². The minimum Gasteiger partial charge on any atom is -0.447 e. The summed E-state index contributed by atoms with van der Waals surface area (Å²) in [7, 11) is 1.72. The number of benzene rings is 2. The second-order valence-electron chi connectivity index (χ2n) is 9.50. The lowest BCUT2D eigenvalue weighted by molar-refractivity contribution is -0.135. The summed E-state index contributed by atoms with van der Waals surface area (Å²) in [4.78, 5) is 26.6. The fourth-order valence-electron chi connectivity index (χ4n) is 4.46. The number of carbonyl (C=O) groups is 2. The summed E-state index contributed by atoms with van der Waals surface area (Å²) in [5, 5.41) is 10.7. The molecule has 2 aromatic carbocycles. The second-order valence-corrected chi connectivity index (χ2v) is 9.50. The van der Waals surface area contributed by atoms with Gasteiger partial charge in [0.15, 0.2) is 0 Å². The maximum atomic E-state index is 13.1. The van der Waals surface area contributed by atoms with E-state index >= 15 is 0 Å². The Morgan fingerprint density at radius 1 is 1.11 bits per heavy atom. The smallest absolute Gasteiger partial charge is 0.416 e. The fraction of sp³-hybridized carbons (Fsp3) is 0.400. The predicted octanol–water partition coefficient (Wildman–Crippen LogP) is 4.97. The van der Waals surface area contributed by atoms with Crippen LogP contribution in [-0.4, -0.2) is 54.0 Å². The van der Waals surface area contributed by atoms with Crippen LogP contribution in [0.3, 0.4) is 0 Å². The van der Waals surface area contributed by atoms with Crippen LogP contribution in [0.15, 0.2) is 84.5 Å². The number of nitrogens with zero attached hydrogens (tertiary/aromatic N) is 1. The van der Waals surface area contributed by atoms with Crippen molar-refractivity contribution in [3.63, 3.8) is 0 Å². The summed E-state index contributed by atoms with van der Waals surface area (Å²) >= 11 is 0. The van der Waals surface area contributed by atoms with Gasteiger partial charge in [-0.25, -0.2) is 9.69 Å². The summed E-state index contributed by atoms with van der Waals surface area (Å²) in [5.41, 5.74) is 3.19. The molecular formula is C30H37NO5. The lowest BCUT2D eigenvalue weighted by Crippen LogP contribution is -2.45. The van der Waals surface area contributed by atoms with E-state index in [1.165, 1.54) is 5.56 Å². The number of ether oxygens (including phenoxy) is 2. The topological polar surface area (TPSA) is 76.1 Å². The van der Waals surface area contributed by atoms with E-state index in [9.17, 15) is 14.7 Å². The maximum absolute atomic E-state index is 13.1. The minimum atomic E-state index is -1.04. The van der Waals surface area contributed by atoms with Crippen molar-refractivity contribution < 1.29 is 24.2 Å². The number of hydrogen-bond donors (Lipinski definition) is 1. The molecule has 192 valence electrons. The van der Waals surface area contributed by atoms with Crippen molar-refractivity contribution in [1.82, 2.24) is 4.90 Å². The van der Waals surface area contributed by atoms with Gasteiger partial charge < -0.3 is 14.6 Å². The molecular weight excluding hydrogens is 454 g/mol. The number of allylic oxidation sites excluding steroid dienone is 2. The highest BCUT2D eigenvalue weighted by atomic mass is 16.6. The lowest BCUT2D eigenvalue weighted by Gasteiger charge is -2.24. The number of carbonyl (C=O) groups excluding carboxylic acids is 2. The SMILES string of the molecule is CO[C@@H](Cc1ccccc1)[C@@H](C)/C=C(C)/C=C/[C@@H](O)[C@H](C)C(=O)N1C(=O)OC[C@@H]1Cc1ccccc1. The summed E-state index contributed by atoms with van der Waals surface area (Å²) < 4.78 is 10.9. The van der Waals surface area contributed by atoms with Crippen LogP contribution in [0.1, 0.15) is 31.9 Å². The molecule has 3 rings (SSSR count). The van der Waals surface area contributed by atoms with Crippen molar-refractivity contribution in [3.05, 3.63) is 95.6 Å². The molecule has 1 aliphatic rings. The quantitative estimate of drug-likeness (QED) is 0.449. The summed E-state index contributed by atoms with van der Waals surface area (Å²) in [5.74, 6) is -1.08. The van der Waals surface area contributed by atoms with Crippen LogP contribution in [0.5, 0.6) is 0 Å². The number of aliphatic hydroxyl groups is 1. The van der Waals surface area contributed by atoms with E-state index in [0.29, 0.717) is 6.42 Å². The lowest BCUT2D eigenvalue weighted by atomic mass is 9.95. The van der Waals surface area contributed by atoms with Gasteiger partial charge in [0.05, 0.1) is 24.2 Å². The molecule has 1 saturated heterocycles. The van der Waals surface area contributed by atoms with Gasteiger partial charge in [-0.1, -0.05) is 98.3 Å². The molecule has 6 nitrogen and oxygen atoms in total. The van der Waals surface area contributed by atoms with E-state index in [4.69, 9.17) is 9.47 Å². The van der Waals surface area contributed by atoms with Gasteiger partial charge in [-0.3, -0.25) is 4.79 Å². The minimum absolute atomic E-state index is 0.0175. The molecule has 5 atom stereocenters. The zero-order chi connectivity index (χ0) is 26.1. The Labute approximate surface area is 214 Å². The number of cyclic esters (lactones) is 1. The van der Waals surface area contributed by atoms with Crippen molar-refractivity contribution in [3.8, 4) is 0 Å². The van der Waals surface area contributed by atoms with Crippen molar-refractivity contribution in [2.75, 3.05) is 13.7 Å². The molecule has 1 N–H and O–H groups in total. The summed E-state index contributed by atoms with van der Waals surface area (Å²) in [6.45, 7) is 5.84. The van der Waals surface area contributed by atoms with Crippen LogP contribution in [0.2, 0.25) is 0 Å². The van der Waals surface area contributed by atoms with Gasteiger partial charge in [0.25, 0.3) is 0 Å². The van der Waals surface area contributed by atoms with Gasteiger partial charge in [0.1, 0.15) is 6.61 Å². The van der Waals surface area contributed by atoms with Crippen LogP contribution < -0.4 is 0 Å². The number of methoxy groups -OCH3 is 1. The standard InChI is InChI=1S/C30H37NO5/c1-21(17-22(2)28(35-4)19-25-13-9-6-10-14-25)15-16-27(32)23(3)29(33)31-26(20-36-30(31)34)18-24-11-7-5-8-12-24/h5-17,22-23,26-28,32H,18-20H2,1-4H3/b16-15+,21-17+/t22-,23-,26-,27+,28-/m0/s1. The summed E-state index contributed by atoms with van der Waals surface area (Å²) in [6.07, 6.45) is 5.15. The highest BCUT2D eigenvalue weighted by Gasteiger charge is 2.40. The van der Waals surface area contributed by atoms with Crippen molar-refractivity contribution in [2.24, 2.45) is 11.8 Å². The molecule has 36 heavy (non-hydrogen) atoms. The first kappa shape index (κ1) is 27.4. The highest BCUT2D eigenvalue weighted by Crippen LogP contribution is 2.22. The number of amides is 2. The van der Waals surface area contributed by atoms with Crippen molar-refractivity contribution in [1.29, 1.82) is 0 Å². The average molecular weight is 492 g/mol. The zero-order valence-corrected chi connectivity index (χ0v) is 21.5. The molecule has 0 aliphatic carbocycles. The van der Waals surface area contributed by atoms with E-state index in [1.807, 2.05) is 61.5 Å². The van der Waals surface area contributed by atoms with Crippen LogP contribution in [0.4, 0.5) is 4.79 Å². The molecule has 1 fully saturated rings. The second kappa shape index (κ2) is 13.2. The molecule has 0 radical (unpaired) electrons. The molecule has 0 aromatic heterocycles. The monoisotopic (exact) mass is 491 g/mol. The van der Waals surface area contributed by atoms with E-state index < -0.39 is 24.0 Å². The molecule has 2 aromatic rings. The molecule has 1 aliphatic heterocycles. The normalized spacial score (nSPS) is 19.7. The first-order valence-electron chi connectivity index (χ1n) is 12.4. The molecule has 1 heterocycles. The third-order valence-electron chi connectivity index (χ3n) is 6.67. The Bertz CT molecular complexity index is 1050. The molecule has 6 heteroatoms. The number of imide groups is 1. The largest absolute Gasteiger partial charge is 0.447 e. The number of aliphatic hydroxyl groups excluding tert-OH is 1. The molecule has 0 spiro atoms. The highest BCUT2D eigenvalue weighted by molar-refractivity contribution is 5.95. The Hall–Kier alpha value is -3.22. The van der Waals surface area contributed by atoms with Crippen LogP contribution in [-0.2, 0) is 27.1 Å². The Balaban J connectivity index is 1.60. The summed E-state index contributed by atoms with van der Waals surface area (Å²) in [6, 6.07) is 19.5. The average Bonchev–Trinajstić information content (AvgIpc) is 3.25. The van der Waals surface area contributed by atoms with E-state index in [2.05, 4.69) is 25.1 Å². The molecule has 0 bridgehead atoms. The maximum Gasteiger partial charge on any atom is 0.416 e. The van der Waals surface area contributed by atoms with Gasteiger partial charge in [-0.15, -0.1) is 0 Å². The predicted molar refractivity (Wildman–Crippen MR) is 140 cm³/mol. The van der Waals surface area contributed by atoms with Gasteiger partial charge in [-0.2, -0.15) is 0 Å². The number of hydrogen-bond acceptors (Lipinski definition) is 5. The molecule has 0 saturated carbocycles. The van der Waals surface area contributed by atoms with Crippen LogP contribution >= 0.6 is 0 Å². The first-order chi connectivity index (χ1) is 17.3. The molecule has 0 unspecified atom stereocenters. The van der Waals surface area contributed by atoms with Crippen LogP contribution in [0.25, 0.3) is 0 Å². The third kappa shape index (κ3) is 7.39. The first-order valence-corrected chi connectivity index (χ1v) is 12.4. The van der Waals surface area contributed by atoms with Gasteiger partial charge in [0, 0.05) is 13.0 Å². The Morgan fingerprint density at radius 2 is 1.72 bits per heavy atom. The van der Waals surface area contributed by atoms with Gasteiger partial charge in [-0.05, 0) is 30.9 Å². The van der Waals surface area contributed by atoms with Gasteiger partial charge >= 0.3 is 6.09 Å². The Morgan fingerprint density at radius 3 is 2.33 bits per heavy atom.